The summed E-state index contributed by atoms with van der Waals surface area (Å²) in [6.07, 6.45) is 6.49. The first-order valence-electron chi connectivity index (χ1n) is 6.08. The van der Waals surface area contributed by atoms with Gasteiger partial charge in [0.15, 0.2) is 5.82 Å². The zero-order valence-corrected chi connectivity index (χ0v) is 9.72. The second-order valence-corrected chi connectivity index (χ2v) is 4.53. The van der Waals surface area contributed by atoms with Gasteiger partial charge in [-0.25, -0.2) is 8.78 Å². The Kier molecular flexibility index (Phi) is 3.82. The third kappa shape index (κ3) is 3.08. The second-order valence-electron chi connectivity index (χ2n) is 4.53. The fraction of sp³-hybridized carbons (Fsp3) is 0.538. The lowest BCUT2D eigenvalue weighted by molar-refractivity contribution is 0.183. The fourth-order valence-corrected chi connectivity index (χ4v) is 2.20. The highest BCUT2D eigenvalue weighted by Gasteiger charge is 2.17. The molecule has 0 saturated heterocycles. The van der Waals surface area contributed by atoms with E-state index >= 15 is 0 Å². The Labute approximate surface area is 99.8 Å². The summed E-state index contributed by atoms with van der Waals surface area (Å²) >= 11 is 0. The monoisotopic (exact) mass is 241 g/mol. The molecule has 2 nitrogen and oxygen atoms in total. The standard InChI is InChI=1S/C13H17F2NO/c14-9-7-11(15)13(16)12(8-9)17-10-5-3-1-2-4-6-10/h7-8,10H,1-6,16H2. The Morgan fingerprint density at radius 1 is 1.06 bits per heavy atom. The van der Waals surface area contributed by atoms with Crippen LogP contribution >= 0.6 is 0 Å². The van der Waals surface area contributed by atoms with Crippen LogP contribution in [0.4, 0.5) is 14.5 Å². The molecule has 0 spiro atoms. The average Bonchev–Trinajstić information content (AvgIpc) is 2.54. The summed E-state index contributed by atoms with van der Waals surface area (Å²) in [5.74, 6) is -1.27. The number of rotatable bonds is 2. The molecule has 0 radical (unpaired) electrons. The molecule has 17 heavy (non-hydrogen) atoms. The lowest BCUT2D eigenvalue weighted by Crippen LogP contribution is -2.16. The number of nitrogens with two attached hydrogens (primary N) is 1. The molecule has 0 unspecified atom stereocenters. The lowest BCUT2D eigenvalue weighted by Gasteiger charge is -2.18. The highest BCUT2D eigenvalue weighted by molar-refractivity contribution is 5.53. The van der Waals surface area contributed by atoms with Gasteiger partial charge in [-0.1, -0.05) is 12.8 Å². The van der Waals surface area contributed by atoms with Gasteiger partial charge in [0.05, 0.1) is 6.10 Å². The second kappa shape index (κ2) is 5.34. The van der Waals surface area contributed by atoms with E-state index in [-0.39, 0.29) is 17.5 Å². The number of anilines is 1. The Bertz CT molecular complexity index is 387. The largest absolute Gasteiger partial charge is 0.488 e. The van der Waals surface area contributed by atoms with Crippen molar-refractivity contribution in [3.8, 4) is 5.75 Å². The van der Waals surface area contributed by atoms with Crippen molar-refractivity contribution in [2.75, 3.05) is 5.73 Å². The molecule has 4 heteroatoms. The summed E-state index contributed by atoms with van der Waals surface area (Å²) in [7, 11) is 0. The normalized spacial score (nSPS) is 17.8. The Morgan fingerprint density at radius 2 is 1.71 bits per heavy atom. The van der Waals surface area contributed by atoms with Gasteiger partial charge in [0.1, 0.15) is 17.3 Å². The Balaban J connectivity index is 2.11. The van der Waals surface area contributed by atoms with Crippen LogP contribution in [-0.2, 0) is 0 Å². The maximum absolute atomic E-state index is 13.2. The molecule has 0 heterocycles. The van der Waals surface area contributed by atoms with Gasteiger partial charge < -0.3 is 10.5 Å². The highest BCUT2D eigenvalue weighted by atomic mass is 19.1. The van der Waals surface area contributed by atoms with E-state index in [4.69, 9.17) is 10.5 Å². The number of hydrogen-bond donors (Lipinski definition) is 1. The summed E-state index contributed by atoms with van der Waals surface area (Å²) in [5, 5.41) is 0. The van der Waals surface area contributed by atoms with Gasteiger partial charge in [0.25, 0.3) is 0 Å². The van der Waals surface area contributed by atoms with E-state index in [2.05, 4.69) is 0 Å². The molecule has 1 aliphatic carbocycles. The van der Waals surface area contributed by atoms with Crippen LogP contribution < -0.4 is 10.5 Å². The molecule has 1 aliphatic rings. The van der Waals surface area contributed by atoms with E-state index in [9.17, 15) is 8.78 Å². The van der Waals surface area contributed by atoms with Crippen LogP contribution in [0.1, 0.15) is 38.5 Å². The molecule has 94 valence electrons. The molecule has 1 saturated carbocycles. The number of nitrogen functional groups attached to an aromatic ring is 1. The van der Waals surface area contributed by atoms with Gasteiger partial charge >= 0.3 is 0 Å². The minimum atomic E-state index is -0.756. The Hall–Kier alpha value is -1.32. The van der Waals surface area contributed by atoms with Crippen molar-refractivity contribution in [2.24, 2.45) is 0 Å². The van der Waals surface area contributed by atoms with Crippen LogP contribution in [0.5, 0.6) is 5.75 Å². The third-order valence-electron chi connectivity index (χ3n) is 3.15. The molecule has 2 N–H and O–H groups in total. The number of benzene rings is 1. The zero-order chi connectivity index (χ0) is 12.3. The van der Waals surface area contributed by atoms with Gasteiger partial charge in [-0.3, -0.25) is 0 Å². The van der Waals surface area contributed by atoms with E-state index in [0.29, 0.717) is 0 Å². The van der Waals surface area contributed by atoms with Crippen molar-refractivity contribution < 1.29 is 13.5 Å². The van der Waals surface area contributed by atoms with E-state index in [0.717, 1.165) is 37.8 Å². The predicted octanol–water partition coefficient (Wildman–Crippen LogP) is 3.65. The van der Waals surface area contributed by atoms with Gasteiger partial charge in [-0.05, 0) is 25.7 Å². The minimum absolute atomic E-state index is 0.0287. The SMILES string of the molecule is Nc1c(F)cc(F)cc1OC1CCCCCC1. The third-order valence-corrected chi connectivity index (χ3v) is 3.15. The summed E-state index contributed by atoms with van der Waals surface area (Å²) in [6.45, 7) is 0. The number of halogens is 2. The molecule has 0 bridgehead atoms. The van der Waals surface area contributed by atoms with Crippen molar-refractivity contribution >= 4 is 5.69 Å². The maximum Gasteiger partial charge on any atom is 0.152 e. The molecule has 0 amide bonds. The predicted molar refractivity (Wildman–Crippen MR) is 62.9 cm³/mol. The van der Waals surface area contributed by atoms with Crippen LogP contribution in [0.2, 0.25) is 0 Å². The summed E-state index contributed by atoms with van der Waals surface area (Å²) in [4.78, 5) is 0. The van der Waals surface area contributed by atoms with Crippen LogP contribution in [0.25, 0.3) is 0 Å². The van der Waals surface area contributed by atoms with Crippen molar-refractivity contribution in [1.82, 2.24) is 0 Å². The van der Waals surface area contributed by atoms with Crippen molar-refractivity contribution in [2.45, 2.75) is 44.6 Å². The van der Waals surface area contributed by atoms with Crippen LogP contribution in [0.15, 0.2) is 12.1 Å². The first kappa shape index (κ1) is 12.1. The van der Waals surface area contributed by atoms with Crippen LogP contribution in [0.3, 0.4) is 0 Å². The summed E-state index contributed by atoms with van der Waals surface area (Å²) in [5.41, 5.74) is 5.44. The van der Waals surface area contributed by atoms with E-state index in [1.54, 1.807) is 0 Å². The van der Waals surface area contributed by atoms with E-state index in [1.165, 1.54) is 12.8 Å². The number of ether oxygens (including phenoxy) is 1. The smallest absolute Gasteiger partial charge is 0.152 e. The fourth-order valence-electron chi connectivity index (χ4n) is 2.20. The van der Waals surface area contributed by atoms with E-state index < -0.39 is 11.6 Å². The maximum atomic E-state index is 13.2. The lowest BCUT2D eigenvalue weighted by atomic mass is 10.1. The molecule has 1 aromatic carbocycles. The van der Waals surface area contributed by atoms with Gasteiger partial charge in [0.2, 0.25) is 0 Å². The minimum Gasteiger partial charge on any atom is -0.488 e. The Morgan fingerprint density at radius 3 is 2.35 bits per heavy atom. The quantitative estimate of drug-likeness (QED) is 0.633. The van der Waals surface area contributed by atoms with Crippen molar-refractivity contribution in [3.63, 3.8) is 0 Å². The van der Waals surface area contributed by atoms with Gasteiger partial charge in [0, 0.05) is 12.1 Å². The molecular formula is C13H17F2NO. The van der Waals surface area contributed by atoms with Gasteiger partial charge in [-0.2, -0.15) is 0 Å². The summed E-state index contributed by atoms with van der Waals surface area (Å²) in [6, 6.07) is 1.93. The average molecular weight is 241 g/mol. The number of hydrogen-bond acceptors (Lipinski definition) is 2. The zero-order valence-electron chi connectivity index (χ0n) is 9.72. The highest BCUT2D eigenvalue weighted by Crippen LogP contribution is 2.29. The molecule has 2 rings (SSSR count). The first-order chi connectivity index (χ1) is 8.16. The molecule has 1 fully saturated rings. The molecule has 0 aromatic heterocycles. The van der Waals surface area contributed by atoms with Gasteiger partial charge in [-0.15, -0.1) is 0 Å². The van der Waals surface area contributed by atoms with Crippen molar-refractivity contribution in [1.29, 1.82) is 0 Å². The molecule has 0 aliphatic heterocycles. The summed E-state index contributed by atoms with van der Waals surface area (Å²) < 4.78 is 31.9. The molecule has 0 atom stereocenters. The first-order valence-corrected chi connectivity index (χ1v) is 6.08. The van der Waals surface area contributed by atoms with Crippen molar-refractivity contribution in [3.05, 3.63) is 23.8 Å². The van der Waals surface area contributed by atoms with Crippen LogP contribution in [-0.4, -0.2) is 6.10 Å². The molecule has 1 aromatic rings. The van der Waals surface area contributed by atoms with Crippen LogP contribution in [0, 0.1) is 11.6 Å². The van der Waals surface area contributed by atoms with E-state index in [1.807, 2.05) is 0 Å². The topological polar surface area (TPSA) is 35.2 Å². The molecular weight excluding hydrogens is 224 g/mol.